The summed E-state index contributed by atoms with van der Waals surface area (Å²) in [5, 5.41) is 27.0. The molecule has 0 aliphatic carbocycles. The molecule has 224 valence electrons. The molecule has 0 fully saturated rings. The maximum Gasteiger partial charge on any atom is 0.326 e. The SMILES string of the molecule is CSCCC(NC(=O)C(CCSC)NC(=O)C(Cc1ccc(O)cc1)NC(=O)C(N)CCCN=C(N)N)C(=O)O. The van der Waals surface area contributed by atoms with Crippen molar-refractivity contribution in [1.82, 2.24) is 16.0 Å². The van der Waals surface area contributed by atoms with E-state index in [0.717, 1.165) is 0 Å². The van der Waals surface area contributed by atoms with Crippen LogP contribution in [0.5, 0.6) is 5.75 Å². The number of guanidine groups is 1. The van der Waals surface area contributed by atoms with Gasteiger partial charge in [-0.25, -0.2) is 4.79 Å². The molecule has 4 atom stereocenters. The number of hydrogen-bond acceptors (Lipinski definition) is 9. The smallest absolute Gasteiger partial charge is 0.326 e. The van der Waals surface area contributed by atoms with Crippen molar-refractivity contribution in [1.29, 1.82) is 0 Å². The highest BCUT2D eigenvalue weighted by atomic mass is 32.2. The Balaban J connectivity index is 3.06. The van der Waals surface area contributed by atoms with Crippen LogP contribution in [0, 0.1) is 0 Å². The van der Waals surface area contributed by atoms with E-state index in [4.69, 9.17) is 17.2 Å². The molecule has 15 heteroatoms. The Hall–Kier alpha value is -3.17. The lowest BCUT2D eigenvalue weighted by atomic mass is 10.0. The quantitative estimate of drug-likeness (QED) is 0.0565. The summed E-state index contributed by atoms with van der Waals surface area (Å²) in [6.45, 7) is 0.293. The highest BCUT2D eigenvalue weighted by Gasteiger charge is 2.30. The number of carbonyl (C=O) groups is 4. The Kier molecular flexibility index (Phi) is 16.6. The number of benzene rings is 1. The summed E-state index contributed by atoms with van der Waals surface area (Å²) >= 11 is 2.92. The summed E-state index contributed by atoms with van der Waals surface area (Å²) in [5.74, 6) is -1.96. The molecule has 0 bridgehead atoms. The summed E-state index contributed by atoms with van der Waals surface area (Å²) < 4.78 is 0. The fraction of sp³-hybridized carbons (Fsp3) is 0.560. The average Bonchev–Trinajstić information content (AvgIpc) is 2.91. The van der Waals surface area contributed by atoms with Gasteiger partial charge >= 0.3 is 5.97 Å². The average molecular weight is 600 g/mol. The maximum atomic E-state index is 13.4. The number of phenols is 1. The van der Waals surface area contributed by atoms with Gasteiger partial charge in [-0.3, -0.25) is 19.4 Å². The predicted molar refractivity (Wildman–Crippen MR) is 159 cm³/mol. The number of rotatable bonds is 19. The van der Waals surface area contributed by atoms with Crippen molar-refractivity contribution >= 4 is 53.2 Å². The zero-order valence-electron chi connectivity index (χ0n) is 22.8. The molecule has 0 aromatic heterocycles. The van der Waals surface area contributed by atoms with Gasteiger partial charge in [-0.1, -0.05) is 12.1 Å². The number of carboxylic acids is 1. The van der Waals surface area contributed by atoms with Gasteiger partial charge in [0.25, 0.3) is 0 Å². The van der Waals surface area contributed by atoms with Crippen molar-refractivity contribution in [2.24, 2.45) is 22.2 Å². The van der Waals surface area contributed by atoms with Crippen LogP contribution < -0.4 is 33.2 Å². The Bertz CT molecular complexity index is 992. The van der Waals surface area contributed by atoms with Crippen molar-refractivity contribution in [3.05, 3.63) is 29.8 Å². The van der Waals surface area contributed by atoms with E-state index in [2.05, 4.69) is 20.9 Å². The van der Waals surface area contributed by atoms with Crippen molar-refractivity contribution in [2.75, 3.05) is 30.6 Å². The molecule has 0 heterocycles. The van der Waals surface area contributed by atoms with Gasteiger partial charge < -0.3 is 43.4 Å². The van der Waals surface area contributed by atoms with Crippen molar-refractivity contribution in [2.45, 2.75) is 56.3 Å². The van der Waals surface area contributed by atoms with Crippen LogP contribution in [0.15, 0.2) is 29.3 Å². The number of thioether (sulfide) groups is 2. The minimum absolute atomic E-state index is 0.0415. The molecule has 40 heavy (non-hydrogen) atoms. The fourth-order valence-electron chi connectivity index (χ4n) is 3.55. The first-order valence-electron chi connectivity index (χ1n) is 12.7. The van der Waals surface area contributed by atoms with Crippen LogP contribution in [-0.2, 0) is 25.6 Å². The summed E-state index contributed by atoms with van der Waals surface area (Å²) in [4.78, 5) is 54.8. The molecule has 4 unspecified atom stereocenters. The van der Waals surface area contributed by atoms with E-state index in [0.29, 0.717) is 30.0 Å². The van der Waals surface area contributed by atoms with Crippen molar-refractivity contribution in [3.8, 4) is 5.75 Å². The van der Waals surface area contributed by atoms with E-state index in [1.807, 2.05) is 12.5 Å². The third kappa shape index (κ3) is 13.8. The number of aromatic hydroxyl groups is 1. The number of carbonyl (C=O) groups excluding carboxylic acids is 3. The molecule has 0 radical (unpaired) electrons. The normalized spacial score (nSPS) is 13.8. The second-order valence-corrected chi connectivity index (χ2v) is 11.0. The van der Waals surface area contributed by atoms with Crippen LogP contribution in [-0.4, -0.2) is 94.6 Å². The van der Waals surface area contributed by atoms with Gasteiger partial charge in [0, 0.05) is 13.0 Å². The summed E-state index contributed by atoms with van der Waals surface area (Å²) in [7, 11) is 0. The second kappa shape index (κ2) is 19.0. The Morgan fingerprint density at radius 1 is 0.850 bits per heavy atom. The van der Waals surface area contributed by atoms with Crippen LogP contribution in [0.4, 0.5) is 0 Å². The Morgan fingerprint density at radius 3 is 1.93 bits per heavy atom. The molecule has 0 aliphatic heterocycles. The van der Waals surface area contributed by atoms with Crippen molar-refractivity contribution < 1.29 is 29.4 Å². The first-order valence-corrected chi connectivity index (χ1v) is 15.5. The topological polar surface area (TPSA) is 235 Å². The molecule has 0 saturated carbocycles. The molecule has 3 amide bonds. The number of hydrogen-bond donors (Lipinski definition) is 8. The van der Waals surface area contributed by atoms with E-state index in [1.165, 1.54) is 35.7 Å². The Labute approximate surface area is 242 Å². The molecule has 1 rings (SSSR count). The number of aliphatic carboxylic acids is 1. The Morgan fingerprint density at radius 2 is 1.38 bits per heavy atom. The molecule has 0 saturated heterocycles. The van der Waals surface area contributed by atoms with Crippen LogP contribution in [0.1, 0.15) is 31.2 Å². The molecule has 0 spiro atoms. The summed E-state index contributed by atoms with van der Waals surface area (Å²) in [5.41, 5.74) is 17.3. The van der Waals surface area contributed by atoms with Gasteiger partial charge in [0.1, 0.15) is 23.9 Å². The van der Waals surface area contributed by atoms with Crippen LogP contribution >= 0.6 is 23.5 Å². The summed E-state index contributed by atoms with van der Waals surface area (Å²) in [6.07, 6.45) is 4.92. The molecule has 1 aromatic rings. The predicted octanol–water partition coefficient (Wildman–Crippen LogP) is -0.639. The molecule has 13 nitrogen and oxygen atoms in total. The number of carboxylic acid groups (broad SMARTS) is 1. The van der Waals surface area contributed by atoms with E-state index >= 15 is 0 Å². The lowest BCUT2D eigenvalue weighted by molar-refractivity contribution is -0.142. The highest BCUT2D eigenvalue weighted by Crippen LogP contribution is 2.13. The third-order valence-electron chi connectivity index (χ3n) is 5.78. The number of phenolic OH excluding ortho intramolecular Hbond substituents is 1. The minimum Gasteiger partial charge on any atom is -0.508 e. The van der Waals surface area contributed by atoms with Crippen LogP contribution in [0.3, 0.4) is 0 Å². The van der Waals surface area contributed by atoms with Gasteiger partial charge in [0.15, 0.2) is 5.96 Å². The van der Waals surface area contributed by atoms with E-state index < -0.39 is 47.9 Å². The molecular formula is C25H41N7O6S2. The monoisotopic (exact) mass is 599 g/mol. The van der Waals surface area contributed by atoms with Gasteiger partial charge in [-0.15, -0.1) is 0 Å². The molecule has 1 aromatic carbocycles. The summed E-state index contributed by atoms with van der Waals surface area (Å²) in [6, 6.07) is 1.97. The lowest BCUT2D eigenvalue weighted by Crippen LogP contribution is -2.57. The second-order valence-electron chi connectivity index (χ2n) is 9.01. The van der Waals surface area contributed by atoms with Gasteiger partial charge in [0.2, 0.25) is 17.7 Å². The maximum absolute atomic E-state index is 13.4. The number of nitrogens with zero attached hydrogens (tertiary/aromatic N) is 1. The van der Waals surface area contributed by atoms with Crippen LogP contribution in [0.2, 0.25) is 0 Å². The fourth-order valence-corrected chi connectivity index (χ4v) is 4.49. The third-order valence-corrected chi connectivity index (χ3v) is 7.07. The molecular weight excluding hydrogens is 558 g/mol. The standard InChI is InChI=1S/C25H41N7O6S2/c1-39-12-9-18(22(35)31-19(24(37)38)10-13-40-2)30-23(36)20(14-15-5-7-16(33)8-6-15)32-21(34)17(26)4-3-11-29-25(27)28/h5-8,17-20,33H,3-4,9-14,26H2,1-2H3,(H,30,36)(H,31,35)(H,32,34)(H,37,38)(H4,27,28,29). The van der Waals surface area contributed by atoms with E-state index in [-0.39, 0.29) is 37.4 Å². The first kappa shape index (κ1) is 34.9. The molecule has 11 N–H and O–H groups in total. The van der Waals surface area contributed by atoms with Gasteiger partial charge in [-0.05, 0) is 67.4 Å². The van der Waals surface area contributed by atoms with Crippen LogP contribution in [0.25, 0.3) is 0 Å². The van der Waals surface area contributed by atoms with Gasteiger partial charge in [0.05, 0.1) is 6.04 Å². The molecule has 0 aliphatic rings. The number of amides is 3. The van der Waals surface area contributed by atoms with E-state index in [9.17, 15) is 29.4 Å². The zero-order valence-corrected chi connectivity index (χ0v) is 24.4. The number of aliphatic imine (C=N–C) groups is 1. The minimum atomic E-state index is -1.16. The number of nitrogens with one attached hydrogen (secondary N) is 3. The van der Waals surface area contributed by atoms with Gasteiger partial charge in [-0.2, -0.15) is 23.5 Å². The highest BCUT2D eigenvalue weighted by molar-refractivity contribution is 7.98. The zero-order chi connectivity index (χ0) is 30.1. The largest absolute Gasteiger partial charge is 0.508 e. The lowest BCUT2D eigenvalue weighted by Gasteiger charge is -2.25. The van der Waals surface area contributed by atoms with Crippen molar-refractivity contribution in [3.63, 3.8) is 0 Å². The first-order chi connectivity index (χ1) is 19.0. The number of nitrogens with two attached hydrogens (primary N) is 3. The van der Waals surface area contributed by atoms with E-state index in [1.54, 1.807) is 12.1 Å².